The highest BCUT2D eigenvalue weighted by molar-refractivity contribution is 7.93. The second-order valence-corrected chi connectivity index (χ2v) is 12.6. The monoisotopic (exact) mass is 639 g/mol. The minimum atomic E-state index is -3.62. The first-order chi connectivity index (χ1) is 20.0. The number of piperidine rings is 1. The summed E-state index contributed by atoms with van der Waals surface area (Å²) in [6.45, 7) is 1.51. The van der Waals surface area contributed by atoms with E-state index in [1.165, 1.54) is 30.3 Å². The number of hydrogen-bond donors (Lipinski definition) is 3. The maximum absolute atomic E-state index is 13.6. The third kappa shape index (κ3) is 8.55. The number of carbonyl (C=O) groups is 1. The molecule has 2 aliphatic rings. The van der Waals surface area contributed by atoms with Gasteiger partial charge in [0.25, 0.3) is 11.8 Å². The molecule has 1 aliphatic carbocycles. The SMILES string of the molecule is Cl.O=C(Nc1ccc(O)c(NS(=O)(=O)C2CC2)c1)c1ccc(-c2ccc(F)cc2)c(OCCCN2CCC(F)(F)CC2)c1. The Morgan fingerprint density at radius 3 is 2.40 bits per heavy atom. The summed E-state index contributed by atoms with van der Waals surface area (Å²) in [4.78, 5) is 15.1. The molecule has 5 rings (SSSR count). The second kappa shape index (κ2) is 13.4. The molecular weight excluding hydrogens is 607 g/mol. The van der Waals surface area contributed by atoms with Crippen LogP contribution in [0.4, 0.5) is 24.5 Å². The molecule has 3 aromatic carbocycles. The van der Waals surface area contributed by atoms with Crippen LogP contribution in [0.25, 0.3) is 11.1 Å². The molecular formula is C30H33ClF3N3O5S. The Labute approximate surface area is 254 Å². The van der Waals surface area contributed by atoms with Gasteiger partial charge in [0.2, 0.25) is 10.0 Å². The first-order valence-corrected chi connectivity index (χ1v) is 15.3. The summed E-state index contributed by atoms with van der Waals surface area (Å²) in [5.41, 5.74) is 1.81. The number of sulfonamides is 1. The lowest BCUT2D eigenvalue weighted by molar-refractivity contribution is -0.0554. The fourth-order valence-electron chi connectivity index (χ4n) is 4.74. The lowest BCUT2D eigenvalue weighted by Crippen LogP contribution is -2.40. The van der Waals surface area contributed by atoms with Crippen LogP contribution in [-0.4, -0.2) is 61.7 Å². The minimum Gasteiger partial charge on any atom is -0.506 e. The molecule has 0 bridgehead atoms. The van der Waals surface area contributed by atoms with E-state index in [9.17, 15) is 31.5 Å². The topological polar surface area (TPSA) is 108 Å². The number of anilines is 2. The summed E-state index contributed by atoms with van der Waals surface area (Å²) >= 11 is 0. The van der Waals surface area contributed by atoms with Crippen LogP contribution in [0.1, 0.15) is 42.5 Å². The number of ether oxygens (including phenoxy) is 1. The van der Waals surface area contributed by atoms with Crippen LogP contribution in [0, 0.1) is 5.82 Å². The average molecular weight is 640 g/mol. The summed E-state index contributed by atoms with van der Waals surface area (Å²) in [6.07, 6.45) is 1.38. The maximum Gasteiger partial charge on any atom is 0.255 e. The van der Waals surface area contributed by atoms with Gasteiger partial charge in [-0.15, -0.1) is 12.4 Å². The number of likely N-dealkylation sites (tertiary alicyclic amines) is 1. The number of aromatic hydroxyl groups is 1. The third-order valence-electron chi connectivity index (χ3n) is 7.33. The zero-order valence-corrected chi connectivity index (χ0v) is 24.8. The second-order valence-electron chi connectivity index (χ2n) is 10.6. The first-order valence-electron chi connectivity index (χ1n) is 13.8. The number of phenolic OH excluding ortho intramolecular Hbond substituents is 1. The fraction of sp³-hybridized carbons (Fsp3) is 0.367. The highest BCUT2D eigenvalue weighted by atomic mass is 35.5. The highest BCUT2D eigenvalue weighted by Crippen LogP contribution is 2.35. The summed E-state index contributed by atoms with van der Waals surface area (Å²) in [6, 6.07) is 14.8. The fourth-order valence-corrected chi connectivity index (χ4v) is 6.13. The number of nitrogens with zero attached hydrogens (tertiary/aromatic N) is 1. The molecule has 1 amide bonds. The molecule has 0 atom stereocenters. The van der Waals surface area contributed by atoms with Crippen molar-refractivity contribution in [1.82, 2.24) is 4.90 Å². The van der Waals surface area contributed by atoms with Crippen LogP contribution < -0.4 is 14.8 Å². The quantitative estimate of drug-likeness (QED) is 0.130. The van der Waals surface area contributed by atoms with Gasteiger partial charge in [-0.25, -0.2) is 21.6 Å². The van der Waals surface area contributed by atoms with Crippen molar-refractivity contribution in [1.29, 1.82) is 0 Å². The molecule has 1 aliphatic heterocycles. The van der Waals surface area contributed by atoms with Crippen LogP contribution in [0.2, 0.25) is 0 Å². The number of phenols is 1. The normalized spacial score (nSPS) is 16.6. The van der Waals surface area contributed by atoms with Crippen molar-refractivity contribution in [2.24, 2.45) is 0 Å². The molecule has 1 saturated heterocycles. The molecule has 0 radical (unpaired) electrons. The largest absolute Gasteiger partial charge is 0.506 e. The van der Waals surface area contributed by atoms with Crippen molar-refractivity contribution >= 4 is 39.7 Å². The number of carbonyl (C=O) groups excluding carboxylic acids is 1. The van der Waals surface area contributed by atoms with Crippen molar-refractivity contribution in [3.8, 4) is 22.6 Å². The number of rotatable bonds is 11. The van der Waals surface area contributed by atoms with Gasteiger partial charge in [-0.05, 0) is 73.4 Å². The van der Waals surface area contributed by atoms with E-state index in [1.807, 2.05) is 4.90 Å². The van der Waals surface area contributed by atoms with E-state index in [2.05, 4.69) is 10.0 Å². The predicted molar refractivity (Wildman–Crippen MR) is 161 cm³/mol. The van der Waals surface area contributed by atoms with Gasteiger partial charge in [-0.3, -0.25) is 9.52 Å². The Morgan fingerprint density at radius 1 is 1.02 bits per heavy atom. The molecule has 232 valence electrons. The molecule has 8 nitrogen and oxygen atoms in total. The lowest BCUT2D eigenvalue weighted by Gasteiger charge is -2.31. The van der Waals surface area contributed by atoms with E-state index in [4.69, 9.17) is 4.74 Å². The van der Waals surface area contributed by atoms with Crippen molar-refractivity contribution in [3.05, 3.63) is 72.0 Å². The van der Waals surface area contributed by atoms with E-state index in [-0.39, 0.29) is 54.5 Å². The van der Waals surface area contributed by atoms with Crippen molar-refractivity contribution < 1.29 is 36.2 Å². The number of alkyl halides is 2. The number of nitrogens with one attached hydrogen (secondary N) is 2. The van der Waals surface area contributed by atoms with Crippen molar-refractivity contribution in [2.45, 2.75) is 43.3 Å². The van der Waals surface area contributed by atoms with Crippen LogP contribution in [-0.2, 0) is 10.0 Å². The third-order valence-corrected chi connectivity index (χ3v) is 9.19. The maximum atomic E-state index is 13.6. The van der Waals surface area contributed by atoms with Gasteiger partial charge in [0.05, 0.1) is 17.5 Å². The molecule has 3 N–H and O–H groups in total. The molecule has 1 heterocycles. The van der Waals surface area contributed by atoms with E-state index < -0.39 is 32.9 Å². The molecule has 3 aromatic rings. The van der Waals surface area contributed by atoms with E-state index in [0.717, 1.165) is 0 Å². The van der Waals surface area contributed by atoms with Gasteiger partial charge in [0, 0.05) is 49.3 Å². The van der Waals surface area contributed by atoms with Gasteiger partial charge in [-0.2, -0.15) is 0 Å². The summed E-state index contributed by atoms with van der Waals surface area (Å²) in [7, 11) is -3.62. The zero-order valence-electron chi connectivity index (χ0n) is 23.2. The van der Waals surface area contributed by atoms with Gasteiger partial charge >= 0.3 is 0 Å². The number of benzene rings is 3. The Balaban J connectivity index is 0.00000423. The minimum absolute atomic E-state index is 0. The molecule has 1 saturated carbocycles. The van der Waals surface area contributed by atoms with Crippen LogP contribution in [0.5, 0.6) is 11.5 Å². The van der Waals surface area contributed by atoms with Gasteiger partial charge in [0.1, 0.15) is 17.3 Å². The first kappa shape index (κ1) is 32.4. The molecule has 13 heteroatoms. The lowest BCUT2D eigenvalue weighted by atomic mass is 10.0. The Hall–Kier alpha value is -3.48. The number of hydrogen-bond acceptors (Lipinski definition) is 6. The van der Waals surface area contributed by atoms with Gasteiger partial charge in [-0.1, -0.05) is 12.1 Å². The molecule has 2 fully saturated rings. The summed E-state index contributed by atoms with van der Waals surface area (Å²) in [5, 5.41) is 12.4. The summed E-state index contributed by atoms with van der Waals surface area (Å²) in [5.74, 6) is -3.37. The Kier molecular flexibility index (Phi) is 10.1. The molecule has 0 aromatic heterocycles. The van der Waals surface area contributed by atoms with Crippen molar-refractivity contribution in [2.75, 3.05) is 36.3 Å². The van der Waals surface area contributed by atoms with Crippen LogP contribution in [0.15, 0.2) is 60.7 Å². The Morgan fingerprint density at radius 2 is 1.72 bits per heavy atom. The van der Waals surface area contributed by atoms with E-state index in [0.29, 0.717) is 55.8 Å². The number of amides is 1. The van der Waals surface area contributed by atoms with E-state index >= 15 is 0 Å². The molecule has 0 spiro atoms. The standard InChI is InChI=1S/C30H32F3N3O5S.ClH/c31-22-5-2-20(3-6-22)25-10-4-21(18-28(25)41-17-1-14-36-15-12-30(32,33)13-16-36)29(38)34-23-7-11-27(37)26(19-23)35-42(39,40)24-8-9-24;/h2-7,10-11,18-19,24,35,37H,1,8-9,12-17H2,(H,34,38);1H. The Bertz CT molecular complexity index is 1540. The highest BCUT2D eigenvalue weighted by Gasteiger charge is 2.36. The predicted octanol–water partition coefficient (Wildman–Crippen LogP) is 6.28. The molecule has 0 unspecified atom stereocenters. The van der Waals surface area contributed by atoms with Gasteiger partial charge < -0.3 is 20.1 Å². The molecule has 43 heavy (non-hydrogen) atoms. The van der Waals surface area contributed by atoms with Crippen LogP contribution in [0.3, 0.4) is 0 Å². The zero-order chi connectivity index (χ0) is 29.9. The van der Waals surface area contributed by atoms with Crippen molar-refractivity contribution in [3.63, 3.8) is 0 Å². The summed E-state index contributed by atoms with van der Waals surface area (Å²) < 4.78 is 73.5. The smallest absolute Gasteiger partial charge is 0.255 e. The van der Waals surface area contributed by atoms with E-state index in [1.54, 1.807) is 30.3 Å². The average Bonchev–Trinajstić information content (AvgIpc) is 3.81. The van der Waals surface area contributed by atoms with Crippen LogP contribution >= 0.6 is 12.4 Å². The van der Waals surface area contributed by atoms with Gasteiger partial charge in [0.15, 0.2) is 0 Å². The number of halogens is 4.